The number of ether oxygens (including phenoxy) is 2. The maximum atomic E-state index is 11.7. The normalized spacial score (nSPS) is 25.1. The molecule has 0 N–H and O–H groups in total. The molecule has 0 bridgehead atoms. The van der Waals surface area contributed by atoms with E-state index >= 15 is 0 Å². The van der Waals surface area contributed by atoms with Crippen LogP contribution in [0.3, 0.4) is 0 Å². The second-order valence-electron chi connectivity index (χ2n) is 4.90. The number of esters is 1. The van der Waals surface area contributed by atoms with Gasteiger partial charge in [-0.3, -0.25) is 4.79 Å². The molecule has 0 aromatic heterocycles. The molecule has 1 aliphatic rings. The Hall–Kier alpha value is -1.51. The van der Waals surface area contributed by atoms with Crippen LogP contribution in [-0.2, 0) is 9.53 Å². The highest BCUT2D eigenvalue weighted by molar-refractivity contribution is 5.78. The minimum atomic E-state index is -0.154. The predicted molar refractivity (Wildman–Crippen MR) is 64.8 cm³/mol. The van der Waals surface area contributed by atoms with E-state index in [0.29, 0.717) is 6.61 Å². The lowest BCUT2D eigenvalue weighted by Gasteiger charge is -2.06. The molecule has 2 unspecified atom stereocenters. The van der Waals surface area contributed by atoms with Crippen LogP contribution in [0.5, 0.6) is 5.75 Å². The van der Waals surface area contributed by atoms with Crippen LogP contribution in [-0.4, -0.2) is 18.7 Å². The van der Waals surface area contributed by atoms with E-state index in [1.54, 1.807) is 0 Å². The zero-order valence-electron chi connectivity index (χ0n) is 10.5. The van der Waals surface area contributed by atoms with Crippen molar-refractivity contribution in [1.82, 2.24) is 0 Å². The topological polar surface area (TPSA) is 35.5 Å². The first-order valence-corrected chi connectivity index (χ1v) is 5.95. The Bertz CT molecular complexity index is 397. The number of hydrogen-bond donors (Lipinski definition) is 0. The molecule has 0 aliphatic heterocycles. The summed E-state index contributed by atoms with van der Waals surface area (Å²) in [5.41, 5.74) is -0.137. The Morgan fingerprint density at radius 3 is 2.53 bits per heavy atom. The van der Waals surface area contributed by atoms with Crippen molar-refractivity contribution in [1.29, 1.82) is 0 Å². The Balaban J connectivity index is 2.01. The molecule has 2 rings (SSSR count). The number of carbonyl (C=O) groups is 1. The maximum Gasteiger partial charge on any atom is 0.313 e. The Morgan fingerprint density at radius 2 is 1.94 bits per heavy atom. The van der Waals surface area contributed by atoms with Crippen LogP contribution in [0.15, 0.2) is 30.3 Å². The molecular formula is C14H18O3. The molecule has 17 heavy (non-hydrogen) atoms. The molecule has 1 aromatic carbocycles. The average molecular weight is 234 g/mol. The van der Waals surface area contributed by atoms with Crippen molar-refractivity contribution < 1.29 is 14.3 Å². The van der Waals surface area contributed by atoms with Gasteiger partial charge < -0.3 is 9.47 Å². The molecule has 0 amide bonds. The zero-order valence-corrected chi connectivity index (χ0v) is 10.5. The van der Waals surface area contributed by atoms with E-state index < -0.39 is 0 Å². The van der Waals surface area contributed by atoms with Crippen molar-refractivity contribution in [2.75, 3.05) is 6.61 Å². The Morgan fingerprint density at radius 1 is 1.29 bits per heavy atom. The van der Waals surface area contributed by atoms with Gasteiger partial charge in [-0.15, -0.1) is 0 Å². The maximum absolute atomic E-state index is 11.7. The molecule has 1 saturated carbocycles. The third-order valence-electron chi connectivity index (χ3n) is 3.28. The van der Waals surface area contributed by atoms with Gasteiger partial charge in [-0.05, 0) is 19.1 Å². The lowest BCUT2D eigenvalue weighted by Crippen LogP contribution is -2.12. The highest BCUT2D eigenvalue weighted by atomic mass is 16.5. The predicted octanol–water partition coefficient (Wildman–Crippen LogP) is 2.65. The second kappa shape index (κ2) is 4.40. The van der Waals surface area contributed by atoms with E-state index in [9.17, 15) is 4.79 Å². The summed E-state index contributed by atoms with van der Waals surface area (Å²) in [6.45, 7) is 6.30. The van der Waals surface area contributed by atoms with Crippen molar-refractivity contribution in [3.8, 4) is 5.75 Å². The monoisotopic (exact) mass is 234 g/mol. The van der Waals surface area contributed by atoms with Gasteiger partial charge in [-0.25, -0.2) is 0 Å². The van der Waals surface area contributed by atoms with Gasteiger partial charge >= 0.3 is 5.97 Å². The van der Waals surface area contributed by atoms with E-state index in [-0.39, 0.29) is 23.4 Å². The van der Waals surface area contributed by atoms with E-state index in [4.69, 9.17) is 9.47 Å². The number of para-hydroxylation sites is 1. The summed E-state index contributed by atoms with van der Waals surface area (Å²) in [4.78, 5) is 11.7. The zero-order chi connectivity index (χ0) is 12.5. The van der Waals surface area contributed by atoms with Gasteiger partial charge in [-0.2, -0.15) is 0 Å². The van der Waals surface area contributed by atoms with Crippen LogP contribution >= 0.6 is 0 Å². The lowest BCUT2D eigenvalue weighted by atomic mass is 10.1. The summed E-state index contributed by atoms with van der Waals surface area (Å²) in [5, 5.41) is 0. The fraction of sp³-hybridized carbons (Fsp3) is 0.500. The molecule has 92 valence electrons. The first-order chi connectivity index (χ1) is 8.07. The Kier molecular flexibility index (Phi) is 3.09. The molecule has 1 aromatic rings. The highest BCUT2D eigenvalue weighted by Gasteiger charge is 2.65. The fourth-order valence-electron chi connectivity index (χ4n) is 2.12. The van der Waals surface area contributed by atoms with Crippen LogP contribution in [0, 0.1) is 11.3 Å². The standard InChI is InChI=1S/C14H18O3/c1-4-16-13(15)11-12(14(11,2)3)17-10-8-6-5-7-9-10/h5-9,11-12H,4H2,1-3H3. The van der Waals surface area contributed by atoms with Gasteiger partial charge in [0.2, 0.25) is 0 Å². The Labute approximate surface area is 102 Å². The number of hydrogen-bond acceptors (Lipinski definition) is 3. The van der Waals surface area contributed by atoms with Crippen LogP contribution < -0.4 is 4.74 Å². The van der Waals surface area contributed by atoms with Gasteiger partial charge in [-0.1, -0.05) is 32.0 Å². The fourth-order valence-corrected chi connectivity index (χ4v) is 2.12. The summed E-state index contributed by atoms with van der Waals surface area (Å²) in [6.07, 6.45) is -0.0797. The summed E-state index contributed by atoms with van der Waals surface area (Å²) < 4.78 is 10.9. The molecular weight excluding hydrogens is 216 g/mol. The van der Waals surface area contributed by atoms with Crippen LogP contribution in [0.25, 0.3) is 0 Å². The first kappa shape index (κ1) is 12.0. The van der Waals surface area contributed by atoms with E-state index in [1.165, 1.54) is 0 Å². The quantitative estimate of drug-likeness (QED) is 0.751. The molecule has 0 saturated heterocycles. The molecule has 0 heterocycles. The van der Waals surface area contributed by atoms with Crippen LogP contribution in [0.4, 0.5) is 0 Å². The third-order valence-corrected chi connectivity index (χ3v) is 3.28. The second-order valence-corrected chi connectivity index (χ2v) is 4.90. The van der Waals surface area contributed by atoms with Crippen molar-refractivity contribution >= 4 is 5.97 Å². The van der Waals surface area contributed by atoms with Crippen molar-refractivity contribution in [3.63, 3.8) is 0 Å². The molecule has 3 nitrogen and oxygen atoms in total. The molecule has 0 radical (unpaired) electrons. The largest absolute Gasteiger partial charge is 0.489 e. The highest BCUT2D eigenvalue weighted by Crippen LogP contribution is 2.54. The molecule has 3 heteroatoms. The minimum absolute atomic E-state index is 0.0797. The van der Waals surface area contributed by atoms with Crippen molar-refractivity contribution in [3.05, 3.63) is 30.3 Å². The van der Waals surface area contributed by atoms with Crippen LogP contribution in [0.2, 0.25) is 0 Å². The molecule has 1 fully saturated rings. The molecule has 1 aliphatic carbocycles. The van der Waals surface area contributed by atoms with E-state index in [1.807, 2.05) is 51.1 Å². The molecule has 2 atom stereocenters. The van der Waals surface area contributed by atoms with E-state index in [0.717, 1.165) is 5.75 Å². The summed E-state index contributed by atoms with van der Waals surface area (Å²) in [6, 6.07) is 9.58. The SMILES string of the molecule is CCOC(=O)C1C(Oc2ccccc2)C1(C)C. The van der Waals surface area contributed by atoms with Crippen molar-refractivity contribution in [2.45, 2.75) is 26.9 Å². The van der Waals surface area contributed by atoms with Crippen molar-refractivity contribution in [2.24, 2.45) is 11.3 Å². The van der Waals surface area contributed by atoms with Gasteiger partial charge in [0.1, 0.15) is 17.8 Å². The summed E-state index contributed by atoms with van der Waals surface area (Å²) in [7, 11) is 0. The number of rotatable bonds is 4. The smallest absolute Gasteiger partial charge is 0.313 e. The average Bonchev–Trinajstić information content (AvgIpc) is 2.82. The minimum Gasteiger partial charge on any atom is -0.489 e. The lowest BCUT2D eigenvalue weighted by molar-refractivity contribution is -0.145. The van der Waals surface area contributed by atoms with Crippen LogP contribution in [0.1, 0.15) is 20.8 Å². The molecule has 0 spiro atoms. The summed E-state index contributed by atoms with van der Waals surface area (Å²) >= 11 is 0. The first-order valence-electron chi connectivity index (χ1n) is 5.95. The van der Waals surface area contributed by atoms with Gasteiger partial charge in [0, 0.05) is 5.41 Å². The number of benzene rings is 1. The van der Waals surface area contributed by atoms with Gasteiger partial charge in [0.15, 0.2) is 0 Å². The number of carbonyl (C=O) groups excluding carboxylic acids is 1. The third kappa shape index (κ3) is 2.28. The van der Waals surface area contributed by atoms with Gasteiger partial charge in [0.05, 0.1) is 6.61 Å². The van der Waals surface area contributed by atoms with E-state index in [2.05, 4.69) is 0 Å². The summed E-state index contributed by atoms with van der Waals surface area (Å²) in [5.74, 6) is 0.499. The van der Waals surface area contributed by atoms with Gasteiger partial charge in [0.25, 0.3) is 0 Å².